The van der Waals surface area contributed by atoms with Crippen LogP contribution in [0.15, 0.2) is 0 Å². The second-order valence-corrected chi connectivity index (χ2v) is 4.15. The first-order valence-corrected chi connectivity index (χ1v) is 5.57. The van der Waals surface area contributed by atoms with Crippen LogP contribution in [-0.4, -0.2) is 61.7 Å². The van der Waals surface area contributed by atoms with Crippen LogP contribution in [0.3, 0.4) is 0 Å². The van der Waals surface area contributed by atoms with Crippen LogP contribution in [0.4, 0.5) is 0 Å². The van der Waals surface area contributed by atoms with Gasteiger partial charge in [-0.15, -0.1) is 0 Å². The van der Waals surface area contributed by atoms with Gasteiger partial charge in [0.2, 0.25) is 0 Å². The Kier molecular flexibility index (Phi) is 3.19. The number of rotatable bonds is 2. The summed E-state index contributed by atoms with van der Waals surface area (Å²) in [6.07, 6.45) is 1.32. The first kappa shape index (κ1) is 9.44. The fraction of sp³-hybridized carbons (Fsp3) is 1.00. The lowest BCUT2D eigenvalue weighted by molar-refractivity contribution is 0.0417. The maximum atomic E-state index is 3.45. The molecular weight excluding hydrogens is 162 g/mol. The van der Waals surface area contributed by atoms with Crippen molar-refractivity contribution in [2.75, 3.05) is 45.8 Å². The molecule has 2 aliphatic heterocycles. The van der Waals surface area contributed by atoms with Crippen LogP contribution in [0.25, 0.3) is 0 Å². The highest BCUT2D eigenvalue weighted by Crippen LogP contribution is 2.14. The summed E-state index contributed by atoms with van der Waals surface area (Å²) in [4.78, 5) is 5.18. The van der Waals surface area contributed by atoms with Gasteiger partial charge in [-0.2, -0.15) is 0 Å². The predicted molar refractivity (Wildman–Crippen MR) is 55.0 cm³/mol. The lowest BCUT2D eigenvalue weighted by atomic mass is 10.1. The Morgan fingerprint density at radius 3 is 2.85 bits per heavy atom. The number of hydrogen-bond acceptors (Lipinski definition) is 3. The van der Waals surface area contributed by atoms with Gasteiger partial charge in [0.05, 0.1) is 0 Å². The molecule has 0 radical (unpaired) electrons. The summed E-state index contributed by atoms with van der Waals surface area (Å²) >= 11 is 0. The lowest BCUT2D eigenvalue weighted by Gasteiger charge is -2.44. The number of nitrogens with one attached hydrogen (secondary N) is 1. The third-order valence-electron chi connectivity index (χ3n) is 3.28. The zero-order chi connectivity index (χ0) is 9.10. The van der Waals surface area contributed by atoms with Crippen molar-refractivity contribution >= 4 is 0 Å². The third-order valence-corrected chi connectivity index (χ3v) is 3.28. The maximum Gasteiger partial charge on any atom is 0.0350 e. The molecule has 0 saturated carbocycles. The SMILES string of the molecule is CCN1CC(N2CCCNCC2)C1. The van der Waals surface area contributed by atoms with Crippen molar-refractivity contribution in [1.82, 2.24) is 15.1 Å². The molecule has 0 aromatic heterocycles. The van der Waals surface area contributed by atoms with Gasteiger partial charge in [0, 0.05) is 32.2 Å². The molecule has 0 atom stereocenters. The van der Waals surface area contributed by atoms with Gasteiger partial charge in [-0.1, -0.05) is 6.92 Å². The molecule has 2 heterocycles. The number of likely N-dealkylation sites (N-methyl/N-ethyl adjacent to an activating group) is 1. The second kappa shape index (κ2) is 4.40. The Labute approximate surface area is 81.1 Å². The number of likely N-dealkylation sites (tertiary alicyclic amines) is 1. The van der Waals surface area contributed by atoms with E-state index in [1.165, 1.54) is 52.2 Å². The van der Waals surface area contributed by atoms with Gasteiger partial charge in [0.25, 0.3) is 0 Å². The third kappa shape index (κ3) is 2.22. The highest BCUT2D eigenvalue weighted by molar-refractivity contribution is 4.88. The van der Waals surface area contributed by atoms with Gasteiger partial charge in [-0.05, 0) is 26.1 Å². The molecule has 13 heavy (non-hydrogen) atoms. The Hall–Kier alpha value is -0.120. The summed E-state index contributed by atoms with van der Waals surface area (Å²) in [5.74, 6) is 0. The second-order valence-electron chi connectivity index (χ2n) is 4.15. The van der Waals surface area contributed by atoms with E-state index in [2.05, 4.69) is 22.0 Å². The molecular formula is C10H21N3. The van der Waals surface area contributed by atoms with E-state index in [1.807, 2.05) is 0 Å². The van der Waals surface area contributed by atoms with Crippen molar-refractivity contribution in [1.29, 1.82) is 0 Å². The van der Waals surface area contributed by atoms with Gasteiger partial charge in [-0.3, -0.25) is 4.90 Å². The van der Waals surface area contributed by atoms with Gasteiger partial charge >= 0.3 is 0 Å². The summed E-state index contributed by atoms with van der Waals surface area (Å²) in [7, 11) is 0. The monoisotopic (exact) mass is 183 g/mol. The average molecular weight is 183 g/mol. The van der Waals surface area contributed by atoms with Crippen molar-refractivity contribution in [3.8, 4) is 0 Å². The Bertz CT molecular complexity index is 146. The van der Waals surface area contributed by atoms with Crippen LogP contribution in [0.5, 0.6) is 0 Å². The lowest BCUT2D eigenvalue weighted by Crippen LogP contribution is -2.59. The van der Waals surface area contributed by atoms with E-state index >= 15 is 0 Å². The number of nitrogens with zero attached hydrogens (tertiary/aromatic N) is 2. The van der Waals surface area contributed by atoms with Crippen molar-refractivity contribution in [3.63, 3.8) is 0 Å². The van der Waals surface area contributed by atoms with Crippen LogP contribution in [0, 0.1) is 0 Å². The van der Waals surface area contributed by atoms with E-state index in [0.717, 1.165) is 6.04 Å². The fourth-order valence-corrected chi connectivity index (χ4v) is 2.26. The summed E-state index contributed by atoms with van der Waals surface area (Å²) in [6, 6.07) is 0.861. The maximum absolute atomic E-state index is 3.45. The first-order valence-electron chi connectivity index (χ1n) is 5.57. The minimum absolute atomic E-state index is 0.861. The Morgan fingerprint density at radius 1 is 1.23 bits per heavy atom. The van der Waals surface area contributed by atoms with Crippen LogP contribution >= 0.6 is 0 Å². The van der Waals surface area contributed by atoms with E-state index in [1.54, 1.807) is 0 Å². The molecule has 0 bridgehead atoms. The molecule has 0 amide bonds. The molecule has 0 unspecified atom stereocenters. The average Bonchev–Trinajstić information content (AvgIpc) is 2.31. The molecule has 3 heteroatoms. The van der Waals surface area contributed by atoms with Crippen LogP contribution in [0.1, 0.15) is 13.3 Å². The largest absolute Gasteiger partial charge is 0.315 e. The summed E-state index contributed by atoms with van der Waals surface area (Å²) in [5.41, 5.74) is 0. The molecule has 0 aliphatic carbocycles. The molecule has 2 aliphatic rings. The van der Waals surface area contributed by atoms with Crippen molar-refractivity contribution in [3.05, 3.63) is 0 Å². The van der Waals surface area contributed by atoms with E-state index in [9.17, 15) is 0 Å². The van der Waals surface area contributed by atoms with E-state index in [0.29, 0.717) is 0 Å². The molecule has 2 fully saturated rings. The fourth-order valence-electron chi connectivity index (χ4n) is 2.26. The highest BCUT2D eigenvalue weighted by Gasteiger charge is 2.30. The van der Waals surface area contributed by atoms with Crippen molar-refractivity contribution in [2.45, 2.75) is 19.4 Å². The zero-order valence-corrected chi connectivity index (χ0v) is 8.63. The summed E-state index contributed by atoms with van der Waals surface area (Å²) in [6.45, 7) is 11.0. The van der Waals surface area contributed by atoms with Gasteiger partial charge < -0.3 is 10.2 Å². The molecule has 1 N–H and O–H groups in total. The zero-order valence-electron chi connectivity index (χ0n) is 8.63. The first-order chi connectivity index (χ1) is 6.40. The normalized spacial score (nSPS) is 28.4. The standard InChI is InChI=1S/C10H21N3/c1-2-12-8-10(9-12)13-6-3-4-11-5-7-13/h10-11H,2-9H2,1H3. The van der Waals surface area contributed by atoms with Crippen LogP contribution in [-0.2, 0) is 0 Å². The topological polar surface area (TPSA) is 18.5 Å². The minimum Gasteiger partial charge on any atom is -0.315 e. The van der Waals surface area contributed by atoms with Gasteiger partial charge in [0.15, 0.2) is 0 Å². The Morgan fingerprint density at radius 2 is 2.08 bits per heavy atom. The van der Waals surface area contributed by atoms with Gasteiger partial charge in [0.1, 0.15) is 0 Å². The number of hydrogen-bond donors (Lipinski definition) is 1. The molecule has 0 aromatic carbocycles. The van der Waals surface area contributed by atoms with Gasteiger partial charge in [-0.25, -0.2) is 0 Å². The molecule has 0 aromatic rings. The summed E-state index contributed by atoms with van der Waals surface area (Å²) < 4.78 is 0. The smallest absolute Gasteiger partial charge is 0.0350 e. The molecule has 3 nitrogen and oxygen atoms in total. The molecule has 2 saturated heterocycles. The highest BCUT2D eigenvalue weighted by atomic mass is 15.3. The van der Waals surface area contributed by atoms with E-state index in [-0.39, 0.29) is 0 Å². The molecule has 0 spiro atoms. The van der Waals surface area contributed by atoms with Crippen LogP contribution in [0.2, 0.25) is 0 Å². The molecule has 2 rings (SSSR count). The van der Waals surface area contributed by atoms with Crippen LogP contribution < -0.4 is 5.32 Å². The van der Waals surface area contributed by atoms with Crippen molar-refractivity contribution in [2.24, 2.45) is 0 Å². The minimum atomic E-state index is 0.861. The molecule has 76 valence electrons. The predicted octanol–water partition coefficient (Wildman–Crippen LogP) is -0.0142. The van der Waals surface area contributed by atoms with Crippen molar-refractivity contribution < 1.29 is 0 Å². The van der Waals surface area contributed by atoms with E-state index in [4.69, 9.17) is 0 Å². The summed E-state index contributed by atoms with van der Waals surface area (Å²) in [5, 5.41) is 3.45. The quantitative estimate of drug-likeness (QED) is 0.649. The Balaban J connectivity index is 1.74. The van der Waals surface area contributed by atoms with E-state index < -0.39 is 0 Å².